The molecule has 0 saturated heterocycles. The van der Waals surface area contributed by atoms with Crippen molar-refractivity contribution >= 4 is 7.26 Å². The molecule has 0 aromatic heterocycles. The maximum Gasteiger partial charge on any atom is 0.0594 e. The predicted molar refractivity (Wildman–Crippen MR) is 331 cm³/mol. The van der Waals surface area contributed by atoms with Crippen LogP contribution in [0.5, 0.6) is 0 Å². The van der Waals surface area contributed by atoms with Gasteiger partial charge in [-0.25, -0.2) is 0 Å². The predicted octanol–water partition coefficient (Wildman–Crippen LogP) is 26.9. The minimum Gasteiger partial charge on any atom is -0.0654 e. The Labute approximate surface area is 449 Å². The third-order valence-corrected chi connectivity index (χ3v) is 22.3. The van der Waals surface area contributed by atoms with Crippen LogP contribution < -0.4 is 0 Å². The molecule has 0 rings (SSSR count). The highest BCUT2D eigenvalue weighted by molar-refractivity contribution is 7.75. The summed E-state index contributed by atoms with van der Waals surface area (Å²) in [5.41, 5.74) is 0. The van der Waals surface area contributed by atoms with Crippen molar-refractivity contribution in [3.8, 4) is 0 Å². The van der Waals surface area contributed by atoms with Gasteiger partial charge < -0.3 is 0 Å². The third-order valence-electron chi connectivity index (χ3n) is 17.2. The van der Waals surface area contributed by atoms with Crippen LogP contribution in [0.25, 0.3) is 0 Å². The van der Waals surface area contributed by atoms with E-state index in [4.69, 9.17) is 0 Å². The molecule has 0 aromatic rings. The van der Waals surface area contributed by atoms with Gasteiger partial charge in [0.05, 0.1) is 24.6 Å². The van der Waals surface area contributed by atoms with Crippen molar-refractivity contribution in [1.29, 1.82) is 0 Å². The third kappa shape index (κ3) is 57.7. The van der Waals surface area contributed by atoms with Crippen molar-refractivity contribution in [2.45, 2.75) is 419 Å². The number of hydrogen-bond donors (Lipinski definition) is 0. The van der Waals surface area contributed by atoms with Crippen molar-refractivity contribution in [1.82, 2.24) is 0 Å². The molecule has 422 valence electrons. The van der Waals surface area contributed by atoms with Gasteiger partial charge >= 0.3 is 0 Å². The smallest absolute Gasteiger partial charge is 0.0594 e. The Morgan fingerprint density at radius 1 is 0.114 bits per heavy atom. The fourth-order valence-electron chi connectivity index (χ4n) is 12.1. The zero-order valence-corrected chi connectivity index (χ0v) is 51.3. The van der Waals surface area contributed by atoms with Crippen molar-refractivity contribution < 1.29 is 0 Å². The first-order valence-corrected chi connectivity index (χ1v) is 37.1. The molecule has 0 aliphatic rings. The summed E-state index contributed by atoms with van der Waals surface area (Å²) in [6, 6.07) is 0. The topological polar surface area (TPSA) is 0 Å². The first kappa shape index (κ1) is 70.4. The summed E-state index contributed by atoms with van der Waals surface area (Å²) in [5.74, 6) is 0. The van der Waals surface area contributed by atoms with E-state index in [1.54, 1.807) is 50.3 Å². The average Bonchev–Trinajstić information content (AvgIpc) is 3.37. The van der Waals surface area contributed by atoms with Crippen molar-refractivity contribution in [2.75, 3.05) is 24.6 Å². The minimum absolute atomic E-state index is 0.840. The molecule has 0 aromatic carbocycles. The molecule has 0 aliphatic heterocycles. The summed E-state index contributed by atoms with van der Waals surface area (Å²) < 4.78 is 0. The summed E-state index contributed by atoms with van der Waals surface area (Å²) in [7, 11) is -0.840. The summed E-state index contributed by atoms with van der Waals surface area (Å²) in [6.45, 7) is 9.35. The fourth-order valence-corrected chi connectivity index (χ4v) is 17.0. The Balaban J connectivity index is 4.86. The van der Waals surface area contributed by atoms with Gasteiger partial charge in [-0.05, 0) is 51.4 Å². The lowest BCUT2D eigenvalue weighted by Gasteiger charge is -2.28. The maximum absolute atomic E-state index is 2.35. The molecule has 0 heterocycles. The summed E-state index contributed by atoms with van der Waals surface area (Å²) >= 11 is 0. The van der Waals surface area contributed by atoms with E-state index in [1.165, 1.54) is 366 Å². The molecule has 1 heteroatoms. The van der Waals surface area contributed by atoms with Crippen molar-refractivity contribution in [3.63, 3.8) is 0 Å². The molecule has 70 heavy (non-hydrogen) atoms. The molecule has 0 aliphatic carbocycles. The summed E-state index contributed by atoms with van der Waals surface area (Å²) in [5, 5.41) is 0. The summed E-state index contributed by atoms with van der Waals surface area (Å²) in [6.07, 6.45) is 97.8. The number of hydrogen-bond acceptors (Lipinski definition) is 0. The van der Waals surface area contributed by atoms with Gasteiger partial charge in [0.2, 0.25) is 0 Å². The highest BCUT2D eigenvalue weighted by Gasteiger charge is 2.35. The molecule has 0 unspecified atom stereocenters. The Hall–Kier alpha value is 0.430. The molecular weight excluding hydrogens is 860 g/mol. The monoisotopic (exact) mass is 1000 g/mol. The van der Waals surface area contributed by atoms with Crippen LogP contribution in [0.4, 0.5) is 0 Å². The first-order chi connectivity index (χ1) is 34.7. The maximum atomic E-state index is 2.35. The summed E-state index contributed by atoms with van der Waals surface area (Å²) in [4.78, 5) is 0. The van der Waals surface area contributed by atoms with Gasteiger partial charge in [0.25, 0.3) is 0 Å². The van der Waals surface area contributed by atoms with Crippen LogP contribution >= 0.6 is 7.26 Å². The Kier molecular flexibility index (Phi) is 64.1. The molecular formula is C69H142P+. The van der Waals surface area contributed by atoms with E-state index in [1.807, 2.05) is 0 Å². The van der Waals surface area contributed by atoms with Gasteiger partial charge in [-0.1, -0.05) is 368 Å². The molecule has 0 atom stereocenters. The van der Waals surface area contributed by atoms with Crippen LogP contribution in [0, 0.1) is 0 Å². The quantitative estimate of drug-likeness (QED) is 0.0421. The van der Waals surface area contributed by atoms with Gasteiger partial charge in [0, 0.05) is 7.26 Å². The van der Waals surface area contributed by atoms with Gasteiger partial charge in [-0.2, -0.15) is 0 Å². The lowest BCUT2D eigenvalue weighted by Crippen LogP contribution is -2.13. The molecule has 0 fully saturated rings. The van der Waals surface area contributed by atoms with Gasteiger partial charge in [-0.3, -0.25) is 0 Å². The SMILES string of the molecule is CCCCCCCCCCCCCCCCCCC[P+](CCCCCCCCCCCC)(CCCCCCCCCCCCCCCCCCC)CCCCCCCCCCCCCCCCCCC. The second-order valence-corrected chi connectivity index (χ2v) is 28.9. The van der Waals surface area contributed by atoms with E-state index in [9.17, 15) is 0 Å². The van der Waals surface area contributed by atoms with Crippen molar-refractivity contribution in [3.05, 3.63) is 0 Å². The Bertz CT molecular complexity index is 786. The van der Waals surface area contributed by atoms with Gasteiger partial charge in [0.1, 0.15) is 0 Å². The molecule has 0 amide bonds. The fraction of sp³-hybridized carbons (Fsp3) is 1.00. The van der Waals surface area contributed by atoms with Gasteiger partial charge in [-0.15, -0.1) is 0 Å². The van der Waals surface area contributed by atoms with E-state index in [0.29, 0.717) is 0 Å². The van der Waals surface area contributed by atoms with E-state index in [-0.39, 0.29) is 0 Å². The van der Waals surface area contributed by atoms with Crippen molar-refractivity contribution in [2.24, 2.45) is 0 Å². The molecule has 0 bridgehead atoms. The van der Waals surface area contributed by atoms with E-state index >= 15 is 0 Å². The van der Waals surface area contributed by atoms with Crippen LogP contribution in [-0.2, 0) is 0 Å². The highest BCUT2D eigenvalue weighted by Crippen LogP contribution is 2.61. The van der Waals surface area contributed by atoms with Crippen LogP contribution in [0.1, 0.15) is 419 Å². The number of rotatable bonds is 65. The lowest BCUT2D eigenvalue weighted by molar-refractivity contribution is 0.528. The molecule has 0 nitrogen and oxygen atoms in total. The van der Waals surface area contributed by atoms with E-state index < -0.39 is 7.26 Å². The largest absolute Gasteiger partial charge is 0.0654 e. The number of unbranched alkanes of at least 4 members (excludes halogenated alkanes) is 57. The van der Waals surface area contributed by atoms with Crippen LogP contribution in [0.3, 0.4) is 0 Å². The van der Waals surface area contributed by atoms with Crippen LogP contribution in [0.15, 0.2) is 0 Å². The lowest BCUT2D eigenvalue weighted by atomic mass is 10.0. The van der Waals surface area contributed by atoms with Gasteiger partial charge in [0.15, 0.2) is 0 Å². The second-order valence-electron chi connectivity index (χ2n) is 24.4. The normalized spacial score (nSPS) is 12.0. The Morgan fingerprint density at radius 2 is 0.200 bits per heavy atom. The van der Waals surface area contributed by atoms with Crippen LogP contribution in [-0.4, -0.2) is 24.6 Å². The molecule has 0 saturated carbocycles. The molecule has 0 radical (unpaired) electrons. The molecule has 0 N–H and O–H groups in total. The van der Waals surface area contributed by atoms with Crippen LogP contribution in [0.2, 0.25) is 0 Å². The van der Waals surface area contributed by atoms with E-state index in [2.05, 4.69) is 27.7 Å². The minimum atomic E-state index is -0.840. The first-order valence-electron chi connectivity index (χ1n) is 34.6. The second kappa shape index (κ2) is 63.7. The highest BCUT2D eigenvalue weighted by atomic mass is 31.2. The zero-order chi connectivity index (χ0) is 50.5. The average molecular weight is 1000 g/mol. The molecule has 0 spiro atoms. The Morgan fingerprint density at radius 3 is 0.300 bits per heavy atom. The zero-order valence-electron chi connectivity index (χ0n) is 50.4. The standard InChI is InChI=1S/C69H142P/c1-5-9-13-17-21-25-29-32-35-38-41-44-47-51-55-59-63-67-70(66-62-58-54-50-28-24-20-16-12-8-4,68-64-60-56-52-48-45-42-39-36-33-30-26-22-18-14-10-6-2)69-65-61-57-53-49-46-43-40-37-34-31-27-23-19-15-11-7-3/h5-69H2,1-4H3/q+1. The van der Waals surface area contributed by atoms with E-state index in [0.717, 1.165) is 0 Å².